The second-order valence-electron chi connectivity index (χ2n) is 10.8. The van der Waals surface area contributed by atoms with Crippen molar-refractivity contribution in [3.05, 3.63) is 93.5 Å². The van der Waals surface area contributed by atoms with Crippen LogP contribution < -0.4 is 9.62 Å². The van der Waals surface area contributed by atoms with Crippen molar-refractivity contribution in [2.75, 3.05) is 10.8 Å². The van der Waals surface area contributed by atoms with Crippen molar-refractivity contribution in [2.24, 2.45) is 0 Å². The minimum absolute atomic E-state index is 0.00148. The number of hydrogen-bond donors (Lipinski definition) is 1. The van der Waals surface area contributed by atoms with Gasteiger partial charge in [0.1, 0.15) is 12.6 Å². The number of nitrogens with zero attached hydrogens (tertiary/aromatic N) is 2. The lowest BCUT2D eigenvalue weighted by atomic mass is 10.1. The minimum Gasteiger partial charge on any atom is -0.352 e. The van der Waals surface area contributed by atoms with Gasteiger partial charge in [-0.25, -0.2) is 8.42 Å². The zero-order chi connectivity index (χ0) is 30.4. The van der Waals surface area contributed by atoms with Crippen LogP contribution in [0.1, 0.15) is 55.7 Å². The molecule has 224 valence electrons. The molecule has 2 amide bonds. The van der Waals surface area contributed by atoms with Crippen molar-refractivity contribution >= 4 is 50.7 Å². The number of sulfonamides is 1. The van der Waals surface area contributed by atoms with Crippen LogP contribution in [0.4, 0.5) is 5.69 Å². The summed E-state index contributed by atoms with van der Waals surface area (Å²) in [5.74, 6) is -0.762. The lowest BCUT2D eigenvalue weighted by molar-refractivity contribution is -0.140. The maximum Gasteiger partial charge on any atom is 0.264 e. The second-order valence-corrected chi connectivity index (χ2v) is 13.5. The van der Waals surface area contributed by atoms with Crippen molar-refractivity contribution in [3.63, 3.8) is 0 Å². The van der Waals surface area contributed by atoms with E-state index >= 15 is 0 Å². The zero-order valence-corrected chi connectivity index (χ0v) is 26.5. The van der Waals surface area contributed by atoms with Crippen molar-refractivity contribution in [1.29, 1.82) is 0 Å². The predicted octanol–water partition coefficient (Wildman–Crippen LogP) is 6.67. The Morgan fingerprint density at radius 1 is 0.952 bits per heavy atom. The molecular weight excluding hydrogens is 593 g/mol. The van der Waals surface area contributed by atoms with Gasteiger partial charge in [-0.1, -0.05) is 67.2 Å². The third kappa shape index (κ3) is 7.46. The van der Waals surface area contributed by atoms with Gasteiger partial charge in [-0.2, -0.15) is 0 Å². The number of carbonyl (C=O) groups excluding carboxylic acids is 2. The molecule has 1 fully saturated rings. The van der Waals surface area contributed by atoms with Gasteiger partial charge in [-0.15, -0.1) is 0 Å². The van der Waals surface area contributed by atoms with E-state index in [4.69, 9.17) is 23.2 Å². The number of aryl methyl sites for hydroxylation is 2. The van der Waals surface area contributed by atoms with Gasteiger partial charge in [0.2, 0.25) is 11.8 Å². The van der Waals surface area contributed by atoms with E-state index in [1.54, 1.807) is 30.3 Å². The van der Waals surface area contributed by atoms with Gasteiger partial charge < -0.3 is 10.2 Å². The molecule has 3 aromatic carbocycles. The Bertz CT molecular complexity index is 1520. The van der Waals surface area contributed by atoms with Gasteiger partial charge in [-0.05, 0) is 92.3 Å². The first kappa shape index (κ1) is 31.9. The van der Waals surface area contributed by atoms with Gasteiger partial charge in [0.05, 0.1) is 10.6 Å². The first-order valence-electron chi connectivity index (χ1n) is 14.2. The SMILES string of the molecule is CCC(C(=O)NC1CCCC1)N(Cc1ccccc1Cl)C(=O)CN(c1ccc(C)c(C)c1)S(=O)(=O)c1ccc(Cl)cc1. The smallest absolute Gasteiger partial charge is 0.264 e. The number of nitrogens with one attached hydrogen (secondary N) is 1. The molecule has 0 heterocycles. The van der Waals surface area contributed by atoms with Gasteiger partial charge in [-0.3, -0.25) is 13.9 Å². The molecule has 10 heteroatoms. The predicted molar refractivity (Wildman–Crippen MR) is 168 cm³/mol. The van der Waals surface area contributed by atoms with Crippen LogP contribution in [0.3, 0.4) is 0 Å². The fourth-order valence-electron chi connectivity index (χ4n) is 5.24. The van der Waals surface area contributed by atoms with Crippen molar-refractivity contribution in [3.8, 4) is 0 Å². The monoisotopic (exact) mass is 629 g/mol. The molecule has 0 saturated heterocycles. The minimum atomic E-state index is -4.18. The fourth-order valence-corrected chi connectivity index (χ4v) is 6.97. The maximum absolute atomic E-state index is 14.2. The molecule has 0 radical (unpaired) electrons. The van der Waals surface area contributed by atoms with E-state index in [0.29, 0.717) is 27.7 Å². The Kier molecular flexibility index (Phi) is 10.6. The van der Waals surface area contributed by atoms with Gasteiger partial charge in [0.15, 0.2) is 0 Å². The lowest BCUT2D eigenvalue weighted by Gasteiger charge is -2.34. The molecule has 1 aliphatic carbocycles. The average Bonchev–Trinajstić information content (AvgIpc) is 3.47. The summed E-state index contributed by atoms with van der Waals surface area (Å²) in [6, 6.07) is 17.5. The van der Waals surface area contributed by atoms with E-state index in [1.807, 2.05) is 32.9 Å². The highest BCUT2D eigenvalue weighted by molar-refractivity contribution is 7.92. The Labute approximate surface area is 258 Å². The molecule has 42 heavy (non-hydrogen) atoms. The number of rotatable bonds is 11. The van der Waals surface area contributed by atoms with E-state index < -0.39 is 28.5 Å². The van der Waals surface area contributed by atoms with Crippen LogP contribution in [0, 0.1) is 13.8 Å². The molecule has 4 rings (SSSR count). The van der Waals surface area contributed by atoms with Crippen LogP contribution in [0.15, 0.2) is 71.6 Å². The summed E-state index contributed by atoms with van der Waals surface area (Å²) in [5, 5.41) is 3.97. The van der Waals surface area contributed by atoms with E-state index in [-0.39, 0.29) is 23.4 Å². The highest BCUT2D eigenvalue weighted by Gasteiger charge is 2.35. The fraction of sp³-hybridized carbons (Fsp3) is 0.375. The number of benzene rings is 3. The summed E-state index contributed by atoms with van der Waals surface area (Å²) in [4.78, 5) is 29.3. The molecule has 3 aromatic rings. The van der Waals surface area contributed by atoms with Crippen LogP contribution in [0.25, 0.3) is 0 Å². The molecular formula is C32H37Cl2N3O4S. The Morgan fingerprint density at radius 3 is 2.24 bits per heavy atom. The summed E-state index contributed by atoms with van der Waals surface area (Å²) >= 11 is 12.5. The van der Waals surface area contributed by atoms with Crippen molar-refractivity contribution in [1.82, 2.24) is 10.2 Å². The molecule has 1 unspecified atom stereocenters. The average molecular weight is 631 g/mol. The van der Waals surface area contributed by atoms with E-state index in [1.165, 1.54) is 29.2 Å². The van der Waals surface area contributed by atoms with Gasteiger partial charge >= 0.3 is 0 Å². The summed E-state index contributed by atoms with van der Waals surface area (Å²) < 4.78 is 29.2. The number of halogens is 2. The Morgan fingerprint density at radius 2 is 1.62 bits per heavy atom. The number of carbonyl (C=O) groups is 2. The molecule has 0 bridgehead atoms. The Hall–Kier alpha value is -3.07. The first-order valence-corrected chi connectivity index (χ1v) is 16.4. The topological polar surface area (TPSA) is 86.8 Å². The molecule has 1 N–H and O–H groups in total. The molecule has 1 saturated carbocycles. The summed E-state index contributed by atoms with van der Waals surface area (Å²) in [7, 11) is -4.18. The standard InChI is InChI=1S/C32H37Cl2N3O4S/c1-4-30(32(39)35-26-10-6-7-11-26)36(20-24-9-5-8-12-29(24)34)31(38)21-37(27-16-13-22(2)23(3)19-27)42(40,41)28-17-14-25(33)15-18-28/h5,8-9,12-19,26,30H,4,6-7,10-11,20-21H2,1-3H3,(H,35,39). The number of amides is 2. The summed E-state index contributed by atoms with van der Waals surface area (Å²) in [6.45, 7) is 5.21. The highest BCUT2D eigenvalue weighted by atomic mass is 35.5. The van der Waals surface area contributed by atoms with Crippen LogP contribution in [0.2, 0.25) is 10.0 Å². The molecule has 0 aliphatic heterocycles. The Balaban J connectivity index is 1.74. The van der Waals surface area contributed by atoms with Gasteiger partial charge in [0, 0.05) is 22.6 Å². The quantitative estimate of drug-likeness (QED) is 0.256. The lowest BCUT2D eigenvalue weighted by Crippen LogP contribution is -2.53. The van der Waals surface area contributed by atoms with E-state index in [0.717, 1.165) is 41.1 Å². The van der Waals surface area contributed by atoms with E-state index in [9.17, 15) is 18.0 Å². The molecule has 0 aromatic heterocycles. The molecule has 0 spiro atoms. The van der Waals surface area contributed by atoms with Gasteiger partial charge in [0.25, 0.3) is 10.0 Å². The summed E-state index contributed by atoms with van der Waals surface area (Å²) in [5.41, 5.74) is 2.89. The van der Waals surface area contributed by atoms with Crippen LogP contribution >= 0.6 is 23.2 Å². The number of anilines is 1. The molecule has 1 aliphatic rings. The second kappa shape index (κ2) is 13.9. The third-order valence-electron chi connectivity index (χ3n) is 7.84. The van der Waals surface area contributed by atoms with Crippen LogP contribution in [0.5, 0.6) is 0 Å². The summed E-state index contributed by atoms with van der Waals surface area (Å²) in [6.07, 6.45) is 4.26. The molecule has 1 atom stereocenters. The number of hydrogen-bond acceptors (Lipinski definition) is 4. The first-order chi connectivity index (χ1) is 20.0. The largest absolute Gasteiger partial charge is 0.352 e. The van der Waals surface area contributed by atoms with E-state index in [2.05, 4.69) is 5.32 Å². The normalized spacial score (nSPS) is 14.4. The highest BCUT2D eigenvalue weighted by Crippen LogP contribution is 2.28. The van der Waals surface area contributed by atoms with Crippen LogP contribution in [-0.2, 0) is 26.2 Å². The van der Waals surface area contributed by atoms with Crippen LogP contribution in [-0.4, -0.2) is 43.8 Å². The molecule has 7 nitrogen and oxygen atoms in total. The maximum atomic E-state index is 14.2. The van der Waals surface area contributed by atoms with Crippen molar-refractivity contribution in [2.45, 2.75) is 76.4 Å². The zero-order valence-electron chi connectivity index (χ0n) is 24.1. The van der Waals surface area contributed by atoms with Crippen molar-refractivity contribution < 1.29 is 18.0 Å². The third-order valence-corrected chi connectivity index (χ3v) is 10.3.